The van der Waals surface area contributed by atoms with Crippen LogP contribution in [0.1, 0.15) is 71.8 Å². The molecule has 1 aromatic rings. The Bertz CT molecular complexity index is 1140. The molecule has 8 nitrogen and oxygen atoms in total. The summed E-state index contributed by atoms with van der Waals surface area (Å²) >= 11 is 0. The van der Waals surface area contributed by atoms with Crippen LogP contribution in [0.5, 0.6) is 0 Å². The Kier molecular flexibility index (Phi) is 12.1. The number of nitrogens with zero attached hydrogens (tertiary/aromatic N) is 2. The summed E-state index contributed by atoms with van der Waals surface area (Å²) in [7, 11) is 0. The van der Waals surface area contributed by atoms with E-state index in [2.05, 4.69) is 0 Å². The lowest BCUT2D eigenvalue weighted by atomic mass is 9.57. The molecule has 0 aromatic heterocycles. The number of ether oxygens (including phenoxy) is 2. The lowest BCUT2D eigenvalue weighted by Crippen LogP contribution is -2.64. The molecule has 1 aromatic carbocycles. The summed E-state index contributed by atoms with van der Waals surface area (Å²) in [6.45, 7) is 7.37. The maximum absolute atomic E-state index is 13.9. The Labute approximate surface area is 252 Å². The quantitative estimate of drug-likeness (QED) is 0.266. The first kappa shape index (κ1) is 34.4. The van der Waals surface area contributed by atoms with Crippen molar-refractivity contribution in [3.63, 3.8) is 0 Å². The summed E-state index contributed by atoms with van der Waals surface area (Å²) in [6, 6.07) is 8.80. The summed E-state index contributed by atoms with van der Waals surface area (Å²) in [6.07, 6.45) is -2.10. The third-order valence-electron chi connectivity index (χ3n) is 8.64. The van der Waals surface area contributed by atoms with Crippen molar-refractivity contribution in [2.24, 2.45) is 17.3 Å². The zero-order valence-electron chi connectivity index (χ0n) is 25.6. The molecule has 2 bridgehead atoms. The van der Waals surface area contributed by atoms with Gasteiger partial charge in [0.25, 0.3) is 0 Å². The van der Waals surface area contributed by atoms with Gasteiger partial charge in [-0.05, 0) is 44.6 Å². The molecule has 2 aliphatic rings. The minimum Gasteiger partial charge on any atom is -0.511 e. The van der Waals surface area contributed by atoms with Gasteiger partial charge in [0.2, 0.25) is 0 Å². The van der Waals surface area contributed by atoms with Gasteiger partial charge in [-0.15, -0.1) is 0 Å². The number of aliphatic hydroxyl groups excluding tert-OH is 1. The highest BCUT2D eigenvalue weighted by Crippen LogP contribution is 2.53. The van der Waals surface area contributed by atoms with Gasteiger partial charge in [0.15, 0.2) is 0 Å². The monoisotopic (exact) mass is 610 g/mol. The molecule has 240 valence electrons. The maximum Gasteiger partial charge on any atom is 0.471 e. The van der Waals surface area contributed by atoms with Crippen LogP contribution in [0.2, 0.25) is 0 Å². The van der Waals surface area contributed by atoms with Crippen molar-refractivity contribution < 1.29 is 42.1 Å². The minimum atomic E-state index is -5.06. The standard InChI is InChI=1S/C32H45F3N2O6/c1-5-9-16-31(20-36(17-10-6-2)30(41)32(33,34)35)21-37(19-22-14-12-11-13-15-22)24-18-23(31)25(28(39)42-7-3)27(38)26(24)29(40)43-8-4/h11-15,23-25,38H,5-10,16-21H2,1-4H3/t23-,24+,25?,31-/m1/s1. The summed E-state index contributed by atoms with van der Waals surface area (Å²) < 4.78 is 52.3. The Morgan fingerprint density at radius 3 is 2.26 bits per heavy atom. The number of carbonyl (C=O) groups excluding carboxylic acids is 3. The third kappa shape index (κ3) is 7.91. The normalized spacial score (nSPS) is 24.0. The second-order valence-electron chi connectivity index (χ2n) is 11.5. The van der Waals surface area contributed by atoms with Crippen LogP contribution < -0.4 is 0 Å². The van der Waals surface area contributed by atoms with Gasteiger partial charge in [-0.1, -0.05) is 63.4 Å². The largest absolute Gasteiger partial charge is 0.511 e. The number of carbonyl (C=O) groups is 3. The fourth-order valence-corrected chi connectivity index (χ4v) is 6.73. The molecule has 3 rings (SSSR count). The second-order valence-corrected chi connectivity index (χ2v) is 11.5. The molecule has 1 amide bonds. The van der Waals surface area contributed by atoms with E-state index in [9.17, 15) is 32.7 Å². The van der Waals surface area contributed by atoms with Gasteiger partial charge in [-0.25, -0.2) is 4.79 Å². The van der Waals surface area contributed by atoms with Gasteiger partial charge in [0, 0.05) is 37.6 Å². The number of aliphatic hydroxyl groups is 1. The van der Waals surface area contributed by atoms with Gasteiger partial charge in [-0.3, -0.25) is 14.5 Å². The number of halogens is 3. The van der Waals surface area contributed by atoms with Crippen LogP contribution in [0, 0.1) is 17.3 Å². The lowest BCUT2D eigenvalue weighted by Gasteiger charge is -2.57. The van der Waals surface area contributed by atoms with Gasteiger partial charge < -0.3 is 19.5 Å². The van der Waals surface area contributed by atoms with Gasteiger partial charge in [-0.2, -0.15) is 13.2 Å². The van der Waals surface area contributed by atoms with E-state index in [1.807, 2.05) is 49.1 Å². The molecular weight excluding hydrogens is 565 g/mol. The smallest absolute Gasteiger partial charge is 0.471 e. The van der Waals surface area contributed by atoms with Gasteiger partial charge >= 0.3 is 24.0 Å². The zero-order valence-corrected chi connectivity index (χ0v) is 25.6. The van der Waals surface area contributed by atoms with Crippen LogP contribution in [0.25, 0.3) is 0 Å². The van der Waals surface area contributed by atoms with E-state index in [0.29, 0.717) is 32.2 Å². The first-order chi connectivity index (χ1) is 20.4. The number of piperidine rings is 1. The topological polar surface area (TPSA) is 96.4 Å². The van der Waals surface area contributed by atoms with Crippen LogP contribution in [0.3, 0.4) is 0 Å². The number of fused-ring (bicyclic) bond motifs is 2. The average molecular weight is 611 g/mol. The number of benzene rings is 1. The molecule has 0 spiro atoms. The summed E-state index contributed by atoms with van der Waals surface area (Å²) in [5, 5.41) is 11.7. The highest BCUT2D eigenvalue weighted by Gasteiger charge is 2.59. The van der Waals surface area contributed by atoms with Crippen molar-refractivity contribution in [1.82, 2.24) is 9.80 Å². The van der Waals surface area contributed by atoms with E-state index in [-0.39, 0.29) is 44.8 Å². The maximum atomic E-state index is 13.9. The number of alkyl halides is 3. The molecule has 4 atom stereocenters. The van der Waals surface area contributed by atoms with Crippen molar-refractivity contribution in [2.45, 2.75) is 85.0 Å². The molecule has 1 saturated heterocycles. The van der Waals surface area contributed by atoms with E-state index in [0.717, 1.165) is 16.9 Å². The number of amides is 1. The first-order valence-electron chi connectivity index (χ1n) is 15.3. The minimum absolute atomic E-state index is 0.0186. The molecule has 43 heavy (non-hydrogen) atoms. The third-order valence-corrected chi connectivity index (χ3v) is 8.64. The first-order valence-corrected chi connectivity index (χ1v) is 15.3. The number of unbranched alkanes of at least 4 members (excludes halogenated alkanes) is 2. The van der Waals surface area contributed by atoms with Gasteiger partial charge in [0.05, 0.1) is 18.8 Å². The number of hydrogen-bond acceptors (Lipinski definition) is 7. The predicted molar refractivity (Wildman–Crippen MR) is 155 cm³/mol. The molecule has 0 saturated carbocycles. The van der Waals surface area contributed by atoms with E-state index in [4.69, 9.17) is 9.47 Å². The fraction of sp³-hybridized carbons (Fsp3) is 0.656. The molecule has 0 radical (unpaired) electrons. The van der Waals surface area contributed by atoms with Crippen LogP contribution >= 0.6 is 0 Å². The Morgan fingerprint density at radius 1 is 1.02 bits per heavy atom. The molecule has 1 fully saturated rings. The van der Waals surface area contributed by atoms with Crippen LogP contribution in [-0.4, -0.2) is 77.8 Å². The number of likely N-dealkylation sites (tertiary alicyclic amines) is 1. The summed E-state index contributed by atoms with van der Waals surface area (Å²) in [5.74, 6) is -5.82. The van der Waals surface area contributed by atoms with Gasteiger partial charge in [0.1, 0.15) is 11.7 Å². The highest BCUT2D eigenvalue weighted by atomic mass is 19.4. The fourth-order valence-electron chi connectivity index (χ4n) is 6.73. The van der Waals surface area contributed by atoms with E-state index < -0.39 is 53.1 Å². The van der Waals surface area contributed by atoms with E-state index in [1.165, 1.54) is 0 Å². The molecule has 11 heteroatoms. The molecule has 1 heterocycles. The van der Waals surface area contributed by atoms with Crippen molar-refractivity contribution in [1.29, 1.82) is 0 Å². The van der Waals surface area contributed by atoms with Crippen LogP contribution in [0.15, 0.2) is 41.7 Å². The SMILES string of the molecule is CCCCN(C[C@]1(CCCC)CN(Cc2ccccc2)[C@H]2C[C@@H]1C(C(=O)OCC)C(O)=C2C(=O)OCC)C(=O)C(F)(F)F. The van der Waals surface area contributed by atoms with Crippen molar-refractivity contribution in [2.75, 3.05) is 32.8 Å². The summed E-state index contributed by atoms with van der Waals surface area (Å²) in [4.78, 5) is 42.4. The Hall–Kier alpha value is -3.08. The Balaban J connectivity index is 2.25. The molecular formula is C32H45F3N2O6. The number of esters is 2. The van der Waals surface area contributed by atoms with Crippen molar-refractivity contribution in [3.05, 3.63) is 47.2 Å². The number of rotatable bonds is 14. The summed E-state index contributed by atoms with van der Waals surface area (Å²) in [5.41, 5.74) is -0.123. The average Bonchev–Trinajstić information content (AvgIpc) is 2.96. The lowest BCUT2D eigenvalue weighted by molar-refractivity contribution is -0.190. The zero-order chi connectivity index (χ0) is 31.8. The predicted octanol–water partition coefficient (Wildman–Crippen LogP) is 5.81. The molecule has 1 aliphatic carbocycles. The highest BCUT2D eigenvalue weighted by molar-refractivity contribution is 5.92. The van der Waals surface area contributed by atoms with Crippen molar-refractivity contribution in [3.8, 4) is 0 Å². The van der Waals surface area contributed by atoms with Crippen LogP contribution in [-0.2, 0) is 30.4 Å². The molecule has 1 unspecified atom stereocenters. The number of hydrogen-bond donors (Lipinski definition) is 1. The molecule has 1 aliphatic heterocycles. The van der Waals surface area contributed by atoms with E-state index in [1.54, 1.807) is 13.8 Å². The second kappa shape index (κ2) is 15.1. The van der Waals surface area contributed by atoms with E-state index >= 15 is 0 Å². The van der Waals surface area contributed by atoms with Crippen molar-refractivity contribution >= 4 is 17.8 Å². The Morgan fingerprint density at radius 2 is 1.67 bits per heavy atom. The van der Waals surface area contributed by atoms with Crippen LogP contribution in [0.4, 0.5) is 13.2 Å². The molecule has 1 N–H and O–H groups in total.